The van der Waals surface area contributed by atoms with Crippen molar-refractivity contribution in [3.63, 3.8) is 0 Å². The fourth-order valence-corrected chi connectivity index (χ4v) is 6.45. The van der Waals surface area contributed by atoms with Crippen molar-refractivity contribution in [2.75, 3.05) is 4.90 Å². The van der Waals surface area contributed by atoms with Gasteiger partial charge in [0.15, 0.2) is 5.58 Å². The maximum absolute atomic E-state index is 5.97. The van der Waals surface area contributed by atoms with Gasteiger partial charge in [-0.3, -0.25) is 9.97 Å². The zero-order valence-corrected chi connectivity index (χ0v) is 31.5. The second-order valence-corrected chi connectivity index (χ2v) is 13.5. The van der Waals surface area contributed by atoms with Gasteiger partial charge in [-0.25, -0.2) is 4.98 Å². The Labute approximate surface area is 317 Å². The highest BCUT2D eigenvalue weighted by Crippen LogP contribution is 2.31. The van der Waals surface area contributed by atoms with Crippen LogP contribution >= 0.6 is 0 Å². The number of anilines is 1. The van der Waals surface area contributed by atoms with E-state index in [0.29, 0.717) is 5.89 Å². The molecule has 0 aliphatic carbocycles. The van der Waals surface area contributed by atoms with Crippen LogP contribution in [0.4, 0.5) is 5.69 Å². The van der Waals surface area contributed by atoms with Gasteiger partial charge in [0.1, 0.15) is 5.52 Å². The molecule has 7 aromatic rings. The first-order chi connectivity index (χ1) is 26.4. The summed E-state index contributed by atoms with van der Waals surface area (Å²) in [5.74, 6) is 0.640. The lowest BCUT2D eigenvalue weighted by molar-refractivity contribution is 0.584. The number of fused-ring (bicyclic) bond motifs is 3. The van der Waals surface area contributed by atoms with E-state index in [4.69, 9.17) is 4.42 Å². The Kier molecular flexibility index (Phi) is 10.9. The minimum atomic E-state index is 0.640. The second kappa shape index (κ2) is 16.4. The molecule has 0 spiro atoms. The van der Waals surface area contributed by atoms with Crippen LogP contribution in [-0.4, -0.2) is 15.0 Å². The summed E-state index contributed by atoms with van der Waals surface area (Å²) in [7, 11) is 0. The Balaban J connectivity index is 1.16. The van der Waals surface area contributed by atoms with Crippen LogP contribution in [0.2, 0.25) is 0 Å². The van der Waals surface area contributed by atoms with Gasteiger partial charge in [-0.1, -0.05) is 78.9 Å². The monoisotopic (exact) mass is 704 g/mol. The molecule has 0 saturated carbocycles. The van der Waals surface area contributed by atoms with Gasteiger partial charge in [0, 0.05) is 58.2 Å². The molecule has 5 nitrogen and oxygen atoms in total. The third-order valence-electron chi connectivity index (χ3n) is 9.76. The molecule has 266 valence electrons. The Bertz CT molecular complexity index is 2600. The van der Waals surface area contributed by atoms with Gasteiger partial charge < -0.3 is 9.32 Å². The number of para-hydroxylation sites is 2. The smallest absolute Gasteiger partial charge is 0.222 e. The average molecular weight is 705 g/mol. The second-order valence-electron chi connectivity index (χ2n) is 13.5. The fourth-order valence-electron chi connectivity index (χ4n) is 6.45. The van der Waals surface area contributed by atoms with E-state index in [-0.39, 0.29) is 0 Å². The van der Waals surface area contributed by atoms with E-state index in [2.05, 4.69) is 151 Å². The quantitative estimate of drug-likeness (QED) is 0.125. The highest BCUT2D eigenvalue weighted by molar-refractivity contribution is 5.87. The number of hydrogen-bond donors (Lipinski definition) is 0. The van der Waals surface area contributed by atoms with Crippen LogP contribution < -0.4 is 4.90 Å². The molecule has 4 aromatic carbocycles. The molecule has 7 rings (SSSR count). The van der Waals surface area contributed by atoms with Gasteiger partial charge in [-0.05, 0) is 140 Å². The Morgan fingerprint density at radius 3 is 2.06 bits per heavy atom. The van der Waals surface area contributed by atoms with Crippen molar-refractivity contribution in [2.24, 2.45) is 0 Å². The van der Waals surface area contributed by atoms with E-state index in [0.717, 1.165) is 62.1 Å². The first kappa shape index (κ1) is 35.8. The summed E-state index contributed by atoms with van der Waals surface area (Å²) in [5, 5.41) is 4.67. The van der Waals surface area contributed by atoms with Crippen molar-refractivity contribution < 1.29 is 4.42 Å². The minimum Gasteiger partial charge on any atom is -0.436 e. The molecule has 5 heteroatoms. The van der Waals surface area contributed by atoms with E-state index in [9.17, 15) is 0 Å². The van der Waals surface area contributed by atoms with Crippen molar-refractivity contribution in [1.29, 1.82) is 0 Å². The molecule has 54 heavy (non-hydrogen) atoms. The summed E-state index contributed by atoms with van der Waals surface area (Å²) in [6.07, 6.45) is 23.5. The Morgan fingerprint density at radius 2 is 1.33 bits per heavy atom. The Hall–Kier alpha value is -6.59. The molecule has 3 aromatic heterocycles. The number of benzene rings is 4. The topological polar surface area (TPSA) is 55.1 Å². The predicted molar refractivity (Wildman–Crippen MR) is 227 cm³/mol. The molecule has 0 bridgehead atoms. The minimum absolute atomic E-state index is 0.640. The summed E-state index contributed by atoms with van der Waals surface area (Å²) < 4.78 is 5.97. The molecule has 0 aliphatic rings. The molecule has 0 saturated heterocycles. The van der Waals surface area contributed by atoms with Gasteiger partial charge in [0.2, 0.25) is 5.89 Å². The number of rotatable bonds is 11. The van der Waals surface area contributed by atoms with E-state index >= 15 is 0 Å². The van der Waals surface area contributed by atoms with E-state index in [1.54, 1.807) is 0 Å². The average Bonchev–Trinajstić information content (AvgIpc) is 3.66. The molecule has 0 radical (unpaired) electrons. The summed E-state index contributed by atoms with van der Waals surface area (Å²) in [4.78, 5) is 15.6. The van der Waals surface area contributed by atoms with Crippen LogP contribution in [0.15, 0.2) is 191 Å². The van der Waals surface area contributed by atoms with Gasteiger partial charge >= 0.3 is 0 Å². The fraction of sp³-hybridized carbons (Fsp3) is 0.122. The summed E-state index contributed by atoms with van der Waals surface area (Å²) >= 11 is 0. The Morgan fingerprint density at radius 1 is 0.667 bits per heavy atom. The molecular formula is C49H44N4O. The van der Waals surface area contributed by atoms with Crippen LogP contribution in [0, 0.1) is 0 Å². The van der Waals surface area contributed by atoms with Gasteiger partial charge in [0.25, 0.3) is 0 Å². The molecule has 0 N–H and O–H groups in total. The van der Waals surface area contributed by atoms with Crippen molar-refractivity contribution in [3.8, 4) is 11.1 Å². The normalized spacial score (nSPS) is 13.5. The lowest BCUT2D eigenvalue weighted by Crippen LogP contribution is -2.19. The lowest BCUT2D eigenvalue weighted by Gasteiger charge is -2.27. The van der Waals surface area contributed by atoms with Gasteiger partial charge in [-0.2, -0.15) is 0 Å². The third-order valence-corrected chi connectivity index (χ3v) is 9.76. The first-order valence-electron chi connectivity index (χ1n) is 18.3. The van der Waals surface area contributed by atoms with Gasteiger partial charge in [0.05, 0.1) is 0 Å². The number of oxazole rings is 1. The number of hydrogen-bond acceptors (Lipinski definition) is 5. The van der Waals surface area contributed by atoms with Crippen molar-refractivity contribution in [2.45, 2.75) is 41.0 Å². The first-order valence-corrected chi connectivity index (χ1v) is 18.3. The highest BCUT2D eigenvalue weighted by atomic mass is 16.3. The zero-order chi connectivity index (χ0) is 37.4. The van der Waals surface area contributed by atoms with Crippen LogP contribution in [0.3, 0.4) is 0 Å². The molecule has 0 unspecified atom stereocenters. The summed E-state index contributed by atoms with van der Waals surface area (Å²) in [6.45, 7) is 10.6. The largest absolute Gasteiger partial charge is 0.436 e. The van der Waals surface area contributed by atoms with Crippen LogP contribution in [0.25, 0.3) is 49.3 Å². The van der Waals surface area contributed by atoms with Crippen LogP contribution in [0.5, 0.6) is 0 Å². The number of nitrogens with zero attached hydrogens (tertiary/aromatic N) is 4. The predicted octanol–water partition coefficient (Wildman–Crippen LogP) is 13.0. The zero-order valence-electron chi connectivity index (χ0n) is 31.5. The molecule has 0 fully saturated rings. The maximum atomic E-state index is 5.97. The number of pyridine rings is 2. The SMILES string of the molecule is C/C=C(\C=C/Cc1ccc2ccncc2c1)N(/C(C)=C/C=C(C)/C(C)=C/C=C(\C)c1nc2ccccc2o1)c1ccc(-c2ccc3ccncc3c2)cc1. The van der Waals surface area contributed by atoms with E-state index in [1.807, 2.05) is 68.1 Å². The summed E-state index contributed by atoms with van der Waals surface area (Å²) in [5.41, 5.74) is 11.8. The maximum Gasteiger partial charge on any atom is 0.222 e. The van der Waals surface area contributed by atoms with E-state index < -0.39 is 0 Å². The molecular weight excluding hydrogens is 661 g/mol. The molecule has 0 amide bonds. The van der Waals surface area contributed by atoms with Crippen LogP contribution in [0.1, 0.15) is 46.1 Å². The molecule has 0 atom stereocenters. The highest BCUT2D eigenvalue weighted by Gasteiger charge is 2.13. The summed E-state index contributed by atoms with van der Waals surface area (Å²) in [6, 6.07) is 33.9. The van der Waals surface area contributed by atoms with Crippen molar-refractivity contribution >= 4 is 43.9 Å². The van der Waals surface area contributed by atoms with Crippen molar-refractivity contribution in [1.82, 2.24) is 15.0 Å². The number of allylic oxidation sites excluding steroid dienone is 11. The van der Waals surface area contributed by atoms with E-state index in [1.165, 1.54) is 27.5 Å². The third kappa shape index (κ3) is 8.22. The van der Waals surface area contributed by atoms with Crippen LogP contribution in [-0.2, 0) is 6.42 Å². The standard InChI is InChI=1S/C49H44N4O/c1-6-45(11-9-10-38-18-19-40-26-28-50-32-43(40)30-38)53(46-24-22-39(23-25-46)42-21-20-41-27-29-51-33-44(41)31-42)37(5)17-16-35(3)34(2)14-15-36(4)49-52-47-12-7-8-13-48(47)54-49/h6-9,11-33H,10H2,1-5H3/b11-9-,34-14+,35-16+,36-15+,37-17+,45-6+. The lowest BCUT2D eigenvalue weighted by atomic mass is 10.0. The molecule has 3 heterocycles. The van der Waals surface area contributed by atoms with Crippen molar-refractivity contribution in [3.05, 3.63) is 198 Å². The van der Waals surface area contributed by atoms with Gasteiger partial charge in [-0.15, -0.1) is 0 Å². The molecule has 0 aliphatic heterocycles. The number of aromatic nitrogens is 3.